The van der Waals surface area contributed by atoms with Gasteiger partial charge in [0.2, 0.25) is 11.8 Å². The van der Waals surface area contributed by atoms with Crippen molar-refractivity contribution in [2.45, 2.75) is 39.2 Å². The molecule has 2 unspecified atom stereocenters. The summed E-state index contributed by atoms with van der Waals surface area (Å²) in [4.78, 5) is 22.6. The van der Waals surface area contributed by atoms with Gasteiger partial charge in [-0.1, -0.05) is 25.6 Å². The van der Waals surface area contributed by atoms with Gasteiger partial charge in [0.05, 0.1) is 10.9 Å². The molecule has 5 nitrogen and oxygen atoms in total. The first-order valence-corrected chi connectivity index (χ1v) is 5.67. The number of nitrogens with two attached hydrogens (primary N) is 2. The molecule has 0 spiro atoms. The smallest absolute Gasteiger partial charge is 0.230 e. The van der Waals surface area contributed by atoms with Crippen molar-refractivity contribution in [3.63, 3.8) is 0 Å². The van der Waals surface area contributed by atoms with Gasteiger partial charge in [-0.3, -0.25) is 9.59 Å². The maximum absolute atomic E-state index is 11.7. The summed E-state index contributed by atoms with van der Waals surface area (Å²) in [5.41, 5.74) is 10.5. The van der Waals surface area contributed by atoms with Crippen LogP contribution in [0, 0.1) is 5.92 Å². The molecule has 2 amide bonds. The van der Waals surface area contributed by atoms with Gasteiger partial charge in [-0.05, 0) is 13.3 Å². The van der Waals surface area contributed by atoms with Crippen molar-refractivity contribution < 1.29 is 9.59 Å². The van der Waals surface area contributed by atoms with E-state index >= 15 is 0 Å². The molecule has 0 aromatic heterocycles. The van der Waals surface area contributed by atoms with Gasteiger partial charge in [0.25, 0.3) is 0 Å². The molecular weight excluding hydrogens is 226 g/mol. The average molecular weight is 245 g/mol. The van der Waals surface area contributed by atoms with Crippen LogP contribution in [0.2, 0.25) is 0 Å². The van der Waals surface area contributed by atoms with Crippen molar-refractivity contribution in [1.29, 1.82) is 0 Å². The van der Waals surface area contributed by atoms with E-state index in [1.54, 1.807) is 6.92 Å². The van der Waals surface area contributed by atoms with Crippen LogP contribution in [0.25, 0.3) is 0 Å². The van der Waals surface area contributed by atoms with Crippen LogP contribution in [-0.2, 0) is 9.59 Å². The van der Waals surface area contributed by atoms with Crippen molar-refractivity contribution in [2.75, 3.05) is 0 Å². The lowest BCUT2D eigenvalue weighted by molar-refractivity contribution is -0.124. The zero-order valence-corrected chi connectivity index (χ0v) is 10.5. The van der Waals surface area contributed by atoms with E-state index in [4.69, 9.17) is 23.7 Å². The quantitative estimate of drug-likeness (QED) is 0.553. The Hall–Kier alpha value is -1.17. The number of primary amides is 1. The molecule has 0 aliphatic rings. The lowest BCUT2D eigenvalue weighted by Gasteiger charge is -2.18. The summed E-state index contributed by atoms with van der Waals surface area (Å²) < 4.78 is 0. The molecule has 0 bridgehead atoms. The van der Waals surface area contributed by atoms with Crippen molar-refractivity contribution in [2.24, 2.45) is 17.4 Å². The van der Waals surface area contributed by atoms with Crippen LogP contribution in [-0.4, -0.2) is 22.8 Å². The topological polar surface area (TPSA) is 98.2 Å². The Balaban J connectivity index is 4.29. The van der Waals surface area contributed by atoms with E-state index < -0.39 is 11.8 Å². The van der Waals surface area contributed by atoms with Gasteiger partial charge in [0, 0.05) is 12.5 Å². The Kier molecular flexibility index (Phi) is 6.64. The van der Waals surface area contributed by atoms with Crippen molar-refractivity contribution in [3.8, 4) is 0 Å². The highest BCUT2D eigenvalue weighted by Crippen LogP contribution is 2.07. The van der Waals surface area contributed by atoms with Crippen LogP contribution in [0.5, 0.6) is 0 Å². The lowest BCUT2D eigenvalue weighted by atomic mass is 10.0. The van der Waals surface area contributed by atoms with Gasteiger partial charge in [-0.15, -0.1) is 0 Å². The first-order valence-electron chi connectivity index (χ1n) is 5.26. The fraction of sp³-hybridized carbons (Fsp3) is 0.700. The number of hydrogen-bond donors (Lipinski definition) is 3. The second-order valence-electron chi connectivity index (χ2n) is 3.82. The minimum absolute atomic E-state index is 0.113. The zero-order valence-electron chi connectivity index (χ0n) is 9.66. The van der Waals surface area contributed by atoms with E-state index in [9.17, 15) is 9.59 Å². The Bertz CT molecular complexity index is 281. The first kappa shape index (κ1) is 14.8. The molecule has 0 rings (SSSR count). The molecule has 2 atom stereocenters. The molecule has 16 heavy (non-hydrogen) atoms. The molecule has 0 heterocycles. The van der Waals surface area contributed by atoms with E-state index in [0.29, 0.717) is 6.42 Å². The number of hydrogen-bond acceptors (Lipinski definition) is 3. The standard InChI is InChI=1S/C10H19N3O2S/c1-3-4-7(9(12)16)10(15)13-6(2)5-8(11)14/h6-7H,3-5H2,1-2H3,(H2,11,14)(H2,12,16)(H,13,15). The Morgan fingerprint density at radius 3 is 2.31 bits per heavy atom. The maximum atomic E-state index is 11.7. The fourth-order valence-electron chi connectivity index (χ4n) is 1.39. The van der Waals surface area contributed by atoms with Gasteiger partial charge < -0.3 is 16.8 Å². The van der Waals surface area contributed by atoms with Crippen molar-refractivity contribution >= 4 is 29.0 Å². The highest BCUT2D eigenvalue weighted by atomic mass is 32.1. The highest BCUT2D eigenvalue weighted by molar-refractivity contribution is 7.80. The Morgan fingerprint density at radius 1 is 1.38 bits per heavy atom. The fourth-order valence-corrected chi connectivity index (χ4v) is 1.61. The van der Waals surface area contributed by atoms with Crippen LogP contribution < -0.4 is 16.8 Å². The molecule has 5 N–H and O–H groups in total. The first-order chi connectivity index (χ1) is 7.38. The maximum Gasteiger partial charge on any atom is 0.230 e. The average Bonchev–Trinajstić information content (AvgIpc) is 2.11. The van der Waals surface area contributed by atoms with Crippen LogP contribution in [0.1, 0.15) is 33.1 Å². The highest BCUT2D eigenvalue weighted by Gasteiger charge is 2.22. The number of amides is 2. The third-order valence-electron chi connectivity index (χ3n) is 2.13. The second-order valence-corrected chi connectivity index (χ2v) is 4.30. The van der Waals surface area contributed by atoms with E-state index in [-0.39, 0.29) is 23.4 Å². The summed E-state index contributed by atoms with van der Waals surface area (Å²) in [5, 5.41) is 2.67. The minimum atomic E-state index is -0.463. The van der Waals surface area contributed by atoms with Crippen LogP contribution >= 0.6 is 12.2 Å². The SMILES string of the molecule is CCCC(C(=O)NC(C)CC(N)=O)C(N)=S. The largest absolute Gasteiger partial charge is 0.393 e. The van der Waals surface area contributed by atoms with E-state index in [0.717, 1.165) is 6.42 Å². The molecule has 6 heteroatoms. The second kappa shape index (κ2) is 7.16. The van der Waals surface area contributed by atoms with Gasteiger partial charge in [0.15, 0.2) is 0 Å². The van der Waals surface area contributed by atoms with E-state index in [1.807, 2.05) is 6.92 Å². The number of nitrogens with one attached hydrogen (secondary N) is 1. The molecule has 0 radical (unpaired) electrons. The van der Waals surface area contributed by atoms with Crippen LogP contribution in [0.15, 0.2) is 0 Å². The molecule has 0 saturated heterocycles. The summed E-state index contributed by atoms with van der Waals surface area (Å²) in [7, 11) is 0. The Morgan fingerprint density at radius 2 is 1.94 bits per heavy atom. The third-order valence-corrected chi connectivity index (χ3v) is 2.42. The molecule has 0 aromatic carbocycles. The van der Waals surface area contributed by atoms with Crippen LogP contribution in [0.3, 0.4) is 0 Å². The number of carbonyl (C=O) groups is 2. The monoisotopic (exact) mass is 245 g/mol. The van der Waals surface area contributed by atoms with E-state index in [1.165, 1.54) is 0 Å². The van der Waals surface area contributed by atoms with Gasteiger partial charge in [-0.25, -0.2) is 0 Å². The predicted molar refractivity (Wildman–Crippen MR) is 66.6 cm³/mol. The summed E-state index contributed by atoms with van der Waals surface area (Å²) in [6.07, 6.45) is 1.55. The summed E-state index contributed by atoms with van der Waals surface area (Å²) in [6.45, 7) is 3.66. The molecule has 92 valence electrons. The minimum Gasteiger partial charge on any atom is -0.393 e. The van der Waals surface area contributed by atoms with Gasteiger partial charge in [-0.2, -0.15) is 0 Å². The van der Waals surface area contributed by atoms with Crippen molar-refractivity contribution in [1.82, 2.24) is 5.32 Å². The van der Waals surface area contributed by atoms with Crippen LogP contribution in [0.4, 0.5) is 0 Å². The predicted octanol–water partition coefficient (Wildman–Crippen LogP) is 0.0689. The summed E-state index contributed by atoms with van der Waals surface area (Å²) in [6, 6.07) is -0.293. The molecule has 0 saturated carbocycles. The summed E-state index contributed by atoms with van der Waals surface area (Å²) >= 11 is 4.82. The van der Waals surface area contributed by atoms with Gasteiger partial charge >= 0.3 is 0 Å². The molecule has 0 fully saturated rings. The molecule has 0 aliphatic heterocycles. The number of carbonyl (C=O) groups excluding carboxylic acids is 2. The van der Waals surface area contributed by atoms with Crippen molar-refractivity contribution in [3.05, 3.63) is 0 Å². The zero-order chi connectivity index (χ0) is 12.7. The number of rotatable bonds is 7. The van der Waals surface area contributed by atoms with E-state index in [2.05, 4.69) is 5.32 Å². The third kappa shape index (κ3) is 5.65. The molecule has 0 aliphatic carbocycles. The molecule has 0 aromatic rings. The molecular formula is C10H19N3O2S. The Labute approximate surface area is 101 Å². The number of thiocarbonyl (C=S) groups is 1. The normalized spacial score (nSPS) is 13.9. The van der Waals surface area contributed by atoms with Gasteiger partial charge in [0.1, 0.15) is 0 Å². The summed E-state index contributed by atoms with van der Waals surface area (Å²) in [5.74, 6) is -1.14. The lowest BCUT2D eigenvalue weighted by Crippen LogP contribution is -2.43.